The quantitative estimate of drug-likeness (QED) is 0.128. The molecule has 3 heteroatoms. The first-order valence-corrected chi connectivity index (χ1v) is 17.8. The van der Waals surface area contributed by atoms with E-state index in [1.807, 2.05) is 6.08 Å². The molecule has 0 N–H and O–H groups in total. The summed E-state index contributed by atoms with van der Waals surface area (Å²) in [5.41, 5.74) is 11.6. The Morgan fingerprint density at radius 3 is 2.06 bits per heavy atom. The third-order valence-corrected chi connectivity index (χ3v) is 10.5. The van der Waals surface area contributed by atoms with Crippen LogP contribution in [-0.2, 0) is 6.54 Å². The van der Waals surface area contributed by atoms with Gasteiger partial charge in [-0.2, -0.15) is 0 Å². The van der Waals surface area contributed by atoms with Crippen LogP contribution in [0.5, 0.6) is 0 Å². The van der Waals surface area contributed by atoms with E-state index in [0.717, 1.165) is 44.7 Å². The van der Waals surface area contributed by atoms with Gasteiger partial charge in [0.1, 0.15) is 0 Å². The minimum absolute atomic E-state index is 0.0119. The maximum atomic E-state index is 3.97. The molecule has 1 aromatic heterocycles. The van der Waals surface area contributed by atoms with Crippen LogP contribution in [-0.4, -0.2) is 41.2 Å². The van der Waals surface area contributed by atoms with Crippen molar-refractivity contribution >= 4 is 22.7 Å². The lowest BCUT2D eigenvalue weighted by Gasteiger charge is -2.40. The number of hydrogen-bond donors (Lipinski definition) is 0. The molecule has 1 aliphatic rings. The number of nitrogens with zero attached hydrogens (tertiary/aromatic N) is 3. The molecule has 48 heavy (non-hydrogen) atoms. The third-order valence-electron chi connectivity index (χ3n) is 10.5. The van der Waals surface area contributed by atoms with E-state index in [2.05, 4.69) is 177 Å². The maximum Gasteiger partial charge on any atom is 0.0536 e. The Kier molecular flexibility index (Phi) is 10.2. The van der Waals surface area contributed by atoms with Gasteiger partial charge in [0.25, 0.3) is 0 Å². The molecule has 246 valence electrons. The lowest BCUT2D eigenvalue weighted by Crippen LogP contribution is -2.45. The summed E-state index contributed by atoms with van der Waals surface area (Å²) in [5, 5.41) is 1.31. The first-order chi connectivity index (χ1) is 23.4. The number of fused-ring (bicyclic) bond motifs is 1. The molecule has 6 rings (SSSR count). The molecular weight excluding hydrogens is 583 g/mol. The molecule has 2 atom stereocenters. The van der Waals surface area contributed by atoms with Gasteiger partial charge in [-0.15, -0.1) is 0 Å². The minimum Gasteiger partial charge on any atom is -0.372 e. The smallest absolute Gasteiger partial charge is 0.0536 e. The van der Waals surface area contributed by atoms with E-state index >= 15 is 0 Å². The van der Waals surface area contributed by atoms with Crippen LogP contribution < -0.4 is 4.90 Å². The zero-order valence-electron chi connectivity index (χ0n) is 29.5. The van der Waals surface area contributed by atoms with Gasteiger partial charge in [0, 0.05) is 47.7 Å². The zero-order valence-corrected chi connectivity index (χ0v) is 29.5. The Morgan fingerprint density at radius 2 is 1.46 bits per heavy atom. The van der Waals surface area contributed by atoms with Gasteiger partial charge in [0.15, 0.2) is 0 Å². The van der Waals surface area contributed by atoms with Crippen LogP contribution in [0.1, 0.15) is 69.2 Å². The van der Waals surface area contributed by atoms with Crippen LogP contribution in [0.25, 0.3) is 28.2 Å². The Balaban J connectivity index is 1.59. The lowest BCUT2D eigenvalue weighted by molar-refractivity contribution is 0.163. The molecule has 0 saturated heterocycles. The fourth-order valence-electron chi connectivity index (χ4n) is 7.76. The Hall–Kier alpha value is -4.60. The monoisotopic (exact) mass is 633 g/mol. The summed E-state index contributed by atoms with van der Waals surface area (Å²) in [4.78, 5) is 5.00. The predicted octanol–water partition coefficient (Wildman–Crippen LogP) is 11.0. The third kappa shape index (κ3) is 6.44. The molecular formula is C45H51N3. The largest absolute Gasteiger partial charge is 0.372 e. The van der Waals surface area contributed by atoms with Crippen LogP contribution in [0.3, 0.4) is 0 Å². The molecule has 0 fully saturated rings. The molecule has 5 aromatic rings. The first-order valence-electron chi connectivity index (χ1n) is 17.8. The highest BCUT2D eigenvalue weighted by Gasteiger charge is 2.33. The summed E-state index contributed by atoms with van der Waals surface area (Å²) >= 11 is 0. The molecule has 1 heterocycles. The van der Waals surface area contributed by atoms with Crippen LogP contribution in [0.4, 0.5) is 5.69 Å². The molecule has 4 aromatic carbocycles. The lowest BCUT2D eigenvalue weighted by atomic mass is 9.77. The van der Waals surface area contributed by atoms with Gasteiger partial charge in [0.05, 0.1) is 5.69 Å². The first kappa shape index (κ1) is 33.3. The maximum absolute atomic E-state index is 3.97. The number of anilines is 1. The summed E-state index contributed by atoms with van der Waals surface area (Å²) in [6, 6.07) is 38.2. The highest BCUT2D eigenvalue weighted by Crippen LogP contribution is 2.46. The van der Waals surface area contributed by atoms with E-state index < -0.39 is 0 Å². The second-order valence-electron chi connectivity index (χ2n) is 13.1. The summed E-state index contributed by atoms with van der Waals surface area (Å²) in [7, 11) is 0. The number of benzene rings is 4. The van der Waals surface area contributed by atoms with Gasteiger partial charge in [-0.1, -0.05) is 130 Å². The van der Waals surface area contributed by atoms with Crippen molar-refractivity contribution in [1.82, 2.24) is 9.47 Å². The number of hydrogen-bond acceptors (Lipinski definition) is 2. The molecule has 0 saturated carbocycles. The Bertz CT molecular complexity index is 1880. The molecule has 0 amide bonds. The molecule has 0 aliphatic heterocycles. The SMILES string of the molecule is C=Cc1ccc(Cn2c(-c3ccccc3)c(C(C3=CCC(C)(N(CC)CC)C=C3)c3ccc(N(CC)CC)cc3)c3ccccc32)cc1. The van der Waals surface area contributed by atoms with Crippen LogP contribution in [0.2, 0.25) is 0 Å². The Labute approximate surface area is 288 Å². The van der Waals surface area contributed by atoms with Gasteiger partial charge in [-0.25, -0.2) is 0 Å². The van der Waals surface area contributed by atoms with Crippen molar-refractivity contribution in [2.45, 2.75) is 59.0 Å². The zero-order chi connectivity index (χ0) is 33.7. The summed E-state index contributed by atoms with van der Waals surface area (Å²) in [6.07, 6.45) is 10.3. The fraction of sp³-hybridized carbons (Fsp3) is 0.289. The highest BCUT2D eigenvalue weighted by atomic mass is 15.2. The number of allylic oxidation sites excluding steroid dienone is 2. The second kappa shape index (κ2) is 14.7. The van der Waals surface area contributed by atoms with Gasteiger partial charge in [0.2, 0.25) is 0 Å². The molecule has 0 spiro atoms. The summed E-state index contributed by atoms with van der Waals surface area (Å²) in [6.45, 7) is 20.2. The minimum atomic E-state index is 0.0119. The van der Waals surface area contributed by atoms with E-state index in [-0.39, 0.29) is 11.5 Å². The van der Waals surface area contributed by atoms with E-state index in [0.29, 0.717) is 0 Å². The van der Waals surface area contributed by atoms with E-state index in [1.165, 1.54) is 50.1 Å². The second-order valence-corrected chi connectivity index (χ2v) is 13.1. The highest BCUT2D eigenvalue weighted by molar-refractivity contribution is 5.94. The average Bonchev–Trinajstić information content (AvgIpc) is 3.44. The van der Waals surface area contributed by atoms with Crippen molar-refractivity contribution in [1.29, 1.82) is 0 Å². The van der Waals surface area contributed by atoms with Crippen molar-refractivity contribution in [3.63, 3.8) is 0 Å². The molecule has 2 unspecified atom stereocenters. The standard InChI is InChI=1S/C45H51N3/c1-7-34-21-23-35(24-22-34)33-48-41-20-16-15-19-40(41)43(44(48)38-17-13-12-14-18-38)42(36-25-27-39(28-26-36)46(8-2)9-3)37-29-31-45(6,32-30-37)47(10-4)11-5/h7,12-31,42H,1,8-11,32-33H2,2-6H3. The van der Waals surface area contributed by atoms with E-state index in [9.17, 15) is 0 Å². The topological polar surface area (TPSA) is 11.4 Å². The normalized spacial score (nSPS) is 16.7. The van der Waals surface area contributed by atoms with Crippen molar-refractivity contribution in [3.8, 4) is 11.3 Å². The summed E-state index contributed by atoms with van der Waals surface area (Å²) in [5.74, 6) is 0.0674. The van der Waals surface area contributed by atoms with Gasteiger partial charge in [-0.3, -0.25) is 4.90 Å². The van der Waals surface area contributed by atoms with Crippen molar-refractivity contribution in [2.24, 2.45) is 0 Å². The molecule has 1 aliphatic carbocycles. The number of aromatic nitrogens is 1. The molecule has 0 bridgehead atoms. The summed E-state index contributed by atoms with van der Waals surface area (Å²) < 4.78 is 2.55. The van der Waals surface area contributed by atoms with Crippen LogP contribution in [0.15, 0.2) is 134 Å². The van der Waals surface area contributed by atoms with Crippen molar-refractivity contribution in [3.05, 3.63) is 156 Å². The van der Waals surface area contributed by atoms with Gasteiger partial charge < -0.3 is 9.47 Å². The van der Waals surface area contributed by atoms with E-state index in [1.54, 1.807) is 0 Å². The van der Waals surface area contributed by atoms with Gasteiger partial charge >= 0.3 is 0 Å². The molecule has 3 nitrogen and oxygen atoms in total. The number of likely N-dealkylation sites (N-methyl/N-ethyl adjacent to an activating group) is 1. The van der Waals surface area contributed by atoms with Gasteiger partial charge in [-0.05, 0) is 91.9 Å². The molecule has 0 radical (unpaired) electrons. The number of rotatable bonds is 13. The Morgan fingerprint density at radius 1 is 0.792 bits per heavy atom. The van der Waals surface area contributed by atoms with E-state index in [4.69, 9.17) is 0 Å². The van der Waals surface area contributed by atoms with Crippen LogP contribution in [0, 0.1) is 0 Å². The van der Waals surface area contributed by atoms with Crippen molar-refractivity contribution in [2.75, 3.05) is 31.1 Å². The average molecular weight is 634 g/mol. The predicted molar refractivity (Wildman–Crippen MR) is 208 cm³/mol. The van der Waals surface area contributed by atoms with Crippen molar-refractivity contribution < 1.29 is 0 Å². The number of para-hydroxylation sites is 1. The van der Waals surface area contributed by atoms with Crippen LogP contribution >= 0.6 is 0 Å². The fourth-order valence-corrected chi connectivity index (χ4v) is 7.76.